The molecule has 0 spiro atoms. The summed E-state index contributed by atoms with van der Waals surface area (Å²) in [4.78, 5) is 11.1. The Morgan fingerprint density at radius 2 is 1.79 bits per heavy atom. The second kappa shape index (κ2) is 10.6. The number of hydrazone groups is 1. The number of ether oxygens (including phenoxy) is 1. The number of anilines is 2. The first-order valence-electron chi connectivity index (χ1n) is 9.88. The summed E-state index contributed by atoms with van der Waals surface area (Å²) >= 11 is 0. The molecule has 3 N–H and O–H groups in total. The molecule has 0 saturated carbocycles. The fraction of sp³-hybridized carbons (Fsp3) is 0.476. The summed E-state index contributed by atoms with van der Waals surface area (Å²) < 4.78 is 5.63. The molecule has 8 heteroatoms. The average Bonchev–Trinajstić information content (AvgIpc) is 2.67. The number of aliphatic hydroxyl groups is 1. The fourth-order valence-electron chi connectivity index (χ4n) is 2.55. The Balaban J connectivity index is 2.24. The van der Waals surface area contributed by atoms with Crippen LogP contribution in [0, 0.1) is 0 Å². The van der Waals surface area contributed by atoms with E-state index < -0.39 is 5.60 Å². The van der Waals surface area contributed by atoms with Gasteiger partial charge in [-0.1, -0.05) is 13.8 Å². The maximum absolute atomic E-state index is 9.94. The molecule has 1 aromatic carbocycles. The van der Waals surface area contributed by atoms with Crippen molar-refractivity contribution in [1.29, 1.82) is 0 Å². The van der Waals surface area contributed by atoms with Crippen molar-refractivity contribution in [2.75, 3.05) is 30.0 Å². The average molecular weight is 402 g/mol. The van der Waals surface area contributed by atoms with Gasteiger partial charge < -0.3 is 19.8 Å². The van der Waals surface area contributed by atoms with Crippen LogP contribution in [0.3, 0.4) is 0 Å². The third-order valence-electron chi connectivity index (χ3n) is 3.84. The van der Waals surface area contributed by atoms with Gasteiger partial charge in [0.25, 0.3) is 0 Å². The van der Waals surface area contributed by atoms with Crippen molar-refractivity contribution < 1.29 is 14.9 Å². The fourth-order valence-corrected chi connectivity index (χ4v) is 2.55. The molecular formula is C21H31N5O3. The van der Waals surface area contributed by atoms with Crippen LogP contribution in [0.25, 0.3) is 0 Å². The van der Waals surface area contributed by atoms with E-state index in [1.807, 2.05) is 6.07 Å². The number of nitrogens with one attached hydrogen (secondary N) is 1. The van der Waals surface area contributed by atoms with E-state index in [4.69, 9.17) is 4.74 Å². The molecule has 0 radical (unpaired) electrons. The molecule has 0 saturated heterocycles. The Morgan fingerprint density at radius 1 is 1.14 bits per heavy atom. The van der Waals surface area contributed by atoms with Gasteiger partial charge in [0.1, 0.15) is 18.2 Å². The summed E-state index contributed by atoms with van der Waals surface area (Å²) in [6, 6.07) is 8.67. The Kier molecular flexibility index (Phi) is 8.21. The van der Waals surface area contributed by atoms with Crippen molar-refractivity contribution in [2.24, 2.45) is 5.10 Å². The van der Waals surface area contributed by atoms with Crippen LogP contribution in [0.2, 0.25) is 0 Å². The number of hydrogen-bond acceptors (Lipinski definition) is 8. The van der Waals surface area contributed by atoms with Crippen LogP contribution in [0.1, 0.15) is 46.2 Å². The van der Waals surface area contributed by atoms with E-state index in [0.29, 0.717) is 5.69 Å². The summed E-state index contributed by atoms with van der Waals surface area (Å²) in [5.41, 5.74) is 3.24. The molecule has 158 valence electrons. The zero-order valence-electron chi connectivity index (χ0n) is 17.6. The summed E-state index contributed by atoms with van der Waals surface area (Å²) in [5, 5.41) is 23.5. The molecule has 0 aliphatic carbocycles. The molecule has 1 heterocycles. The van der Waals surface area contributed by atoms with Crippen molar-refractivity contribution in [1.82, 2.24) is 9.97 Å². The number of rotatable bonds is 11. The maximum atomic E-state index is 9.94. The summed E-state index contributed by atoms with van der Waals surface area (Å²) in [7, 11) is 0. The van der Waals surface area contributed by atoms with Gasteiger partial charge in [0.2, 0.25) is 0 Å². The highest BCUT2D eigenvalue weighted by Crippen LogP contribution is 2.18. The monoisotopic (exact) mass is 401 g/mol. The lowest BCUT2D eigenvalue weighted by atomic mass is 10.2. The zero-order chi connectivity index (χ0) is 21.3. The molecule has 8 nitrogen and oxygen atoms in total. The molecule has 29 heavy (non-hydrogen) atoms. The molecule has 0 atom stereocenters. The van der Waals surface area contributed by atoms with E-state index in [-0.39, 0.29) is 18.4 Å². The van der Waals surface area contributed by atoms with Crippen LogP contribution >= 0.6 is 0 Å². The predicted molar refractivity (Wildman–Crippen MR) is 116 cm³/mol. The minimum Gasteiger partial charge on any atom is -0.508 e. The first-order valence-corrected chi connectivity index (χ1v) is 9.88. The molecule has 2 aromatic rings. The number of nitrogens with zero attached hydrogens (tertiary/aromatic N) is 4. The highest BCUT2D eigenvalue weighted by molar-refractivity contribution is 5.79. The number of hydrogen-bond donors (Lipinski definition) is 3. The molecule has 0 bridgehead atoms. The van der Waals surface area contributed by atoms with E-state index in [1.54, 1.807) is 44.3 Å². The maximum Gasteiger partial charge on any atom is 0.319 e. The van der Waals surface area contributed by atoms with Crippen molar-refractivity contribution in [2.45, 2.75) is 46.1 Å². The summed E-state index contributed by atoms with van der Waals surface area (Å²) in [6.07, 6.45) is 3.58. The van der Waals surface area contributed by atoms with Crippen LogP contribution in [0.5, 0.6) is 11.8 Å². The van der Waals surface area contributed by atoms with Gasteiger partial charge in [-0.25, -0.2) is 0 Å². The smallest absolute Gasteiger partial charge is 0.319 e. The first-order chi connectivity index (χ1) is 13.8. The summed E-state index contributed by atoms with van der Waals surface area (Å²) in [6.45, 7) is 9.41. The first kappa shape index (κ1) is 22.4. The number of aromatic nitrogens is 2. The lowest BCUT2D eigenvalue weighted by Gasteiger charge is -2.23. The molecule has 0 fully saturated rings. The van der Waals surface area contributed by atoms with Crippen LogP contribution in [0.15, 0.2) is 35.4 Å². The standard InChI is InChI=1S/C21H31N5O3/c1-5-11-26(12-6-2)19-13-17(23-20(24-19)29-15-21(3,4)28)14-22-25-16-7-9-18(27)10-8-16/h7-10,13-14,25,27-28H,5-6,11-12,15H2,1-4H3/b22-14+. The predicted octanol–water partition coefficient (Wildman–Crippen LogP) is 3.40. The van der Waals surface area contributed by atoms with Crippen LogP contribution < -0.4 is 15.1 Å². The second-order valence-corrected chi connectivity index (χ2v) is 7.44. The third kappa shape index (κ3) is 7.95. The van der Waals surface area contributed by atoms with Crippen molar-refractivity contribution in [3.63, 3.8) is 0 Å². The van der Waals surface area contributed by atoms with E-state index in [9.17, 15) is 10.2 Å². The number of aromatic hydroxyl groups is 1. The molecule has 0 amide bonds. The van der Waals surface area contributed by atoms with Gasteiger partial charge in [-0.3, -0.25) is 5.43 Å². The Hall–Kier alpha value is -2.87. The van der Waals surface area contributed by atoms with E-state index in [0.717, 1.165) is 37.4 Å². The Bertz CT molecular complexity index is 782. The van der Waals surface area contributed by atoms with E-state index in [2.05, 4.69) is 39.2 Å². The van der Waals surface area contributed by atoms with Gasteiger partial charge in [-0.05, 0) is 51.0 Å². The largest absolute Gasteiger partial charge is 0.508 e. The zero-order valence-corrected chi connectivity index (χ0v) is 17.6. The van der Waals surface area contributed by atoms with Gasteiger partial charge >= 0.3 is 6.01 Å². The quantitative estimate of drug-likeness (QED) is 0.301. The SMILES string of the molecule is CCCN(CCC)c1cc(/C=N/Nc2ccc(O)cc2)nc(OCC(C)(C)O)n1. The lowest BCUT2D eigenvalue weighted by molar-refractivity contribution is 0.0250. The number of phenolic OH excluding ortho intramolecular Hbond substituents is 1. The highest BCUT2D eigenvalue weighted by atomic mass is 16.5. The van der Waals surface area contributed by atoms with Crippen LogP contribution in [-0.2, 0) is 0 Å². The van der Waals surface area contributed by atoms with E-state index in [1.165, 1.54) is 0 Å². The van der Waals surface area contributed by atoms with E-state index >= 15 is 0 Å². The molecular weight excluding hydrogens is 370 g/mol. The van der Waals surface area contributed by atoms with Crippen molar-refractivity contribution >= 4 is 17.7 Å². The van der Waals surface area contributed by atoms with Crippen molar-refractivity contribution in [3.8, 4) is 11.8 Å². The highest BCUT2D eigenvalue weighted by Gasteiger charge is 2.16. The number of phenols is 1. The normalized spacial score (nSPS) is 11.6. The van der Waals surface area contributed by atoms with Gasteiger partial charge in [-0.2, -0.15) is 15.1 Å². The van der Waals surface area contributed by atoms with Gasteiger partial charge in [0, 0.05) is 19.2 Å². The minimum atomic E-state index is -0.986. The molecule has 0 aliphatic heterocycles. The van der Waals surface area contributed by atoms with Crippen LogP contribution in [-0.4, -0.2) is 51.7 Å². The molecule has 0 aliphatic rings. The Morgan fingerprint density at radius 3 is 2.38 bits per heavy atom. The van der Waals surface area contributed by atoms with Gasteiger partial charge in [0.05, 0.1) is 23.2 Å². The lowest BCUT2D eigenvalue weighted by Crippen LogP contribution is -2.29. The Labute approximate surface area is 172 Å². The van der Waals surface area contributed by atoms with Gasteiger partial charge in [0.15, 0.2) is 0 Å². The van der Waals surface area contributed by atoms with Crippen LogP contribution in [0.4, 0.5) is 11.5 Å². The minimum absolute atomic E-state index is 0.0837. The molecule has 2 rings (SSSR count). The molecule has 0 unspecified atom stereocenters. The third-order valence-corrected chi connectivity index (χ3v) is 3.84. The van der Waals surface area contributed by atoms with Gasteiger partial charge in [-0.15, -0.1) is 0 Å². The number of benzene rings is 1. The topological polar surface area (TPSA) is 103 Å². The molecule has 1 aromatic heterocycles. The van der Waals surface area contributed by atoms with Crippen molar-refractivity contribution in [3.05, 3.63) is 36.0 Å². The second-order valence-electron chi connectivity index (χ2n) is 7.44. The summed E-state index contributed by atoms with van der Waals surface area (Å²) in [5.74, 6) is 0.959.